The number of carboxylic acids is 1. The van der Waals surface area contributed by atoms with E-state index < -0.39 is 18.1 Å². The van der Waals surface area contributed by atoms with E-state index in [4.69, 9.17) is 14.2 Å². The average Bonchev–Trinajstić information content (AvgIpc) is 3.12. The largest absolute Gasteiger partial charge is 0.544 e. The summed E-state index contributed by atoms with van der Waals surface area (Å²) in [6, 6.07) is -0.729. The number of esters is 2. The highest BCUT2D eigenvalue weighted by molar-refractivity contribution is 5.70. The molecule has 0 aliphatic rings. The van der Waals surface area contributed by atoms with E-state index in [9.17, 15) is 19.5 Å². The summed E-state index contributed by atoms with van der Waals surface area (Å²) in [5.41, 5.74) is 0. The zero-order valence-corrected chi connectivity index (χ0v) is 35.4. The molecule has 0 saturated carbocycles. The molecule has 0 N–H and O–H groups in total. The lowest BCUT2D eigenvalue weighted by Gasteiger charge is -2.34. The van der Waals surface area contributed by atoms with Crippen LogP contribution in [0.25, 0.3) is 0 Å². The van der Waals surface area contributed by atoms with Crippen LogP contribution in [0.1, 0.15) is 174 Å². The van der Waals surface area contributed by atoms with Crippen molar-refractivity contribution in [3.05, 3.63) is 48.6 Å². The van der Waals surface area contributed by atoms with Gasteiger partial charge in [-0.15, -0.1) is 0 Å². The number of likely N-dealkylation sites (N-methyl/N-ethyl adjacent to an activating group) is 1. The first-order valence-electron chi connectivity index (χ1n) is 21.7. The van der Waals surface area contributed by atoms with Crippen LogP contribution in [0, 0.1) is 0 Å². The van der Waals surface area contributed by atoms with E-state index in [1.807, 2.05) is 0 Å². The maximum atomic E-state index is 12.7. The smallest absolute Gasteiger partial charge is 0.306 e. The summed E-state index contributed by atoms with van der Waals surface area (Å²) in [4.78, 5) is 36.8. The molecule has 312 valence electrons. The molecule has 0 spiro atoms. The van der Waals surface area contributed by atoms with Crippen LogP contribution in [0.2, 0.25) is 0 Å². The van der Waals surface area contributed by atoms with Crippen LogP contribution >= 0.6 is 0 Å². The van der Waals surface area contributed by atoms with Crippen LogP contribution in [0.15, 0.2) is 48.6 Å². The van der Waals surface area contributed by atoms with Gasteiger partial charge in [-0.05, 0) is 70.6 Å². The van der Waals surface area contributed by atoms with Gasteiger partial charge >= 0.3 is 11.9 Å². The molecule has 0 aliphatic heterocycles. The van der Waals surface area contributed by atoms with Crippen LogP contribution in [0.4, 0.5) is 0 Å². The average molecular weight is 760 g/mol. The maximum absolute atomic E-state index is 12.7. The summed E-state index contributed by atoms with van der Waals surface area (Å²) < 4.78 is 17.1. The third kappa shape index (κ3) is 35.0. The SMILES string of the molecule is CC/C=C\C/C=C\C/C=C\CCCCCCCCCC(=O)OC(COCCC(C(=O)[O-])[N+](C)(C)C)COC(=O)CCCCCCC/C=C\CCCCCC. The molecule has 0 fully saturated rings. The number of aliphatic carboxylic acids is 1. The van der Waals surface area contributed by atoms with Gasteiger partial charge < -0.3 is 28.6 Å². The predicted molar refractivity (Wildman–Crippen MR) is 222 cm³/mol. The van der Waals surface area contributed by atoms with Crippen molar-refractivity contribution in [3.8, 4) is 0 Å². The fourth-order valence-electron chi connectivity index (χ4n) is 6.08. The molecule has 0 aromatic rings. The van der Waals surface area contributed by atoms with Crippen molar-refractivity contribution in [2.75, 3.05) is 41.0 Å². The molecule has 54 heavy (non-hydrogen) atoms. The quantitative estimate of drug-likeness (QED) is 0.0267. The fraction of sp³-hybridized carbons (Fsp3) is 0.761. The van der Waals surface area contributed by atoms with Gasteiger partial charge in [-0.2, -0.15) is 0 Å². The molecule has 8 heteroatoms. The zero-order valence-electron chi connectivity index (χ0n) is 35.4. The highest BCUT2D eigenvalue weighted by Gasteiger charge is 2.25. The Morgan fingerprint density at radius 2 is 1.04 bits per heavy atom. The van der Waals surface area contributed by atoms with Crippen molar-refractivity contribution in [2.45, 2.75) is 187 Å². The molecular formula is C46H81NO7. The number of ether oxygens (including phenoxy) is 3. The molecule has 0 bridgehead atoms. The second-order valence-electron chi connectivity index (χ2n) is 15.5. The number of rotatable bonds is 38. The molecule has 0 heterocycles. The minimum atomic E-state index is -1.13. The lowest BCUT2D eigenvalue weighted by atomic mass is 10.1. The van der Waals surface area contributed by atoms with Crippen LogP contribution in [-0.4, -0.2) is 75.5 Å². The zero-order chi connectivity index (χ0) is 40.0. The minimum absolute atomic E-state index is 0.0334. The molecule has 0 amide bonds. The molecule has 2 atom stereocenters. The van der Waals surface area contributed by atoms with Gasteiger partial charge in [0.2, 0.25) is 0 Å². The predicted octanol–water partition coefficient (Wildman–Crippen LogP) is 10.3. The van der Waals surface area contributed by atoms with Crippen molar-refractivity contribution in [2.24, 2.45) is 0 Å². The normalized spacial score (nSPS) is 13.4. The van der Waals surface area contributed by atoms with E-state index in [1.54, 1.807) is 21.1 Å². The molecule has 0 saturated heterocycles. The van der Waals surface area contributed by atoms with E-state index in [1.165, 1.54) is 57.8 Å². The molecular weight excluding hydrogens is 679 g/mol. The lowest BCUT2D eigenvalue weighted by molar-refractivity contribution is -0.889. The fourth-order valence-corrected chi connectivity index (χ4v) is 6.08. The first-order chi connectivity index (χ1) is 26.1. The number of carboxylic acid groups (broad SMARTS) is 1. The van der Waals surface area contributed by atoms with E-state index in [-0.39, 0.29) is 42.7 Å². The number of carbonyl (C=O) groups is 3. The van der Waals surface area contributed by atoms with Crippen LogP contribution in [-0.2, 0) is 28.6 Å². The van der Waals surface area contributed by atoms with Gasteiger partial charge in [0.05, 0.1) is 40.3 Å². The Balaban J connectivity index is 4.38. The van der Waals surface area contributed by atoms with Crippen molar-refractivity contribution in [1.29, 1.82) is 0 Å². The Bertz CT molecular complexity index is 1030. The molecule has 2 unspecified atom stereocenters. The van der Waals surface area contributed by atoms with E-state index in [0.29, 0.717) is 12.8 Å². The number of nitrogens with zero attached hydrogens (tertiary/aromatic N) is 1. The third-order valence-electron chi connectivity index (χ3n) is 9.45. The molecule has 0 rings (SSSR count). The molecule has 0 aromatic carbocycles. The first-order valence-corrected chi connectivity index (χ1v) is 21.7. The van der Waals surface area contributed by atoms with E-state index in [2.05, 4.69) is 62.5 Å². The van der Waals surface area contributed by atoms with Gasteiger partial charge in [0, 0.05) is 19.3 Å². The molecule has 0 radical (unpaired) electrons. The number of hydrogen-bond acceptors (Lipinski definition) is 7. The monoisotopic (exact) mass is 760 g/mol. The van der Waals surface area contributed by atoms with Crippen molar-refractivity contribution >= 4 is 17.9 Å². The van der Waals surface area contributed by atoms with Gasteiger partial charge in [0.15, 0.2) is 6.10 Å². The highest BCUT2D eigenvalue weighted by atomic mass is 16.6. The van der Waals surface area contributed by atoms with Crippen LogP contribution < -0.4 is 5.11 Å². The summed E-state index contributed by atoms with van der Waals surface area (Å²) in [5, 5.41) is 11.6. The highest BCUT2D eigenvalue weighted by Crippen LogP contribution is 2.13. The molecule has 8 nitrogen and oxygen atoms in total. The van der Waals surface area contributed by atoms with Crippen molar-refractivity contribution in [1.82, 2.24) is 0 Å². The second kappa shape index (κ2) is 37.2. The number of quaternary nitrogens is 1. The summed E-state index contributed by atoms with van der Waals surface area (Å²) in [5.74, 6) is -1.76. The topological polar surface area (TPSA) is 102 Å². The van der Waals surface area contributed by atoms with Crippen molar-refractivity contribution in [3.63, 3.8) is 0 Å². The standard InChI is InChI=1S/C46H81NO7/c1-6-8-10-12-14-16-18-20-21-22-23-25-27-29-31-33-35-37-45(49)54-42(40-52-39-38-43(46(50)51)47(3,4)5)41-53-44(48)36-34-32-30-28-26-24-19-17-15-13-11-9-7-2/h8,10,14,16-17,19-21,42-43H,6-7,9,11-13,15,18,22-41H2,1-5H3/b10-8-,16-14-,19-17-,21-20-. The van der Waals surface area contributed by atoms with Crippen LogP contribution in [0.3, 0.4) is 0 Å². The third-order valence-corrected chi connectivity index (χ3v) is 9.45. The number of carbonyl (C=O) groups excluding carboxylic acids is 3. The molecule has 0 aromatic heterocycles. The molecule has 0 aliphatic carbocycles. The number of unbranched alkanes of at least 4 members (excludes halogenated alkanes) is 16. The van der Waals surface area contributed by atoms with Gasteiger partial charge in [-0.25, -0.2) is 0 Å². The maximum Gasteiger partial charge on any atom is 0.306 e. The van der Waals surface area contributed by atoms with Gasteiger partial charge in [0.1, 0.15) is 12.6 Å². The summed E-state index contributed by atoms with van der Waals surface area (Å²) in [6.07, 6.45) is 42.7. The summed E-state index contributed by atoms with van der Waals surface area (Å²) in [7, 11) is 5.40. The summed E-state index contributed by atoms with van der Waals surface area (Å²) in [6.45, 7) is 4.51. The van der Waals surface area contributed by atoms with Crippen LogP contribution in [0.5, 0.6) is 0 Å². The Hall–Kier alpha value is -2.71. The summed E-state index contributed by atoms with van der Waals surface area (Å²) >= 11 is 0. The van der Waals surface area contributed by atoms with Gasteiger partial charge in [-0.3, -0.25) is 9.59 Å². The van der Waals surface area contributed by atoms with Gasteiger partial charge in [-0.1, -0.05) is 133 Å². The minimum Gasteiger partial charge on any atom is -0.544 e. The number of hydrogen-bond donors (Lipinski definition) is 0. The van der Waals surface area contributed by atoms with E-state index >= 15 is 0 Å². The number of allylic oxidation sites excluding steroid dienone is 8. The lowest BCUT2D eigenvalue weighted by Crippen LogP contribution is -2.55. The Morgan fingerprint density at radius 3 is 1.56 bits per heavy atom. The second-order valence-corrected chi connectivity index (χ2v) is 15.5. The van der Waals surface area contributed by atoms with Gasteiger partial charge in [0.25, 0.3) is 0 Å². The Labute approximate surface area is 331 Å². The Kier molecular flexibility index (Phi) is 35.4. The first kappa shape index (κ1) is 51.3. The van der Waals surface area contributed by atoms with E-state index in [0.717, 1.165) is 83.5 Å². The van der Waals surface area contributed by atoms with Crippen molar-refractivity contribution < 1.29 is 38.2 Å². The Morgan fingerprint density at radius 1 is 0.574 bits per heavy atom.